The topological polar surface area (TPSA) is 232 Å². The third-order valence-electron chi connectivity index (χ3n) is 22.1. The van der Waals surface area contributed by atoms with Crippen LogP contribution in [-0.4, -0.2) is 186 Å². The summed E-state index contributed by atoms with van der Waals surface area (Å²) in [5.41, 5.74) is 22.1. The van der Waals surface area contributed by atoms with Crippen LogP contribution in [-0.2, 0) is 32.0 Å². The number of esters is 1. The average molecular weight is 1980 g/mol. The van der Waals surface area contributed by atoms with Gasteiger partial charge in [0.1, 0.15) is 56.4 Å². The van der Waals surface area contributed by atoms with Gasteiger partial charge >= 0.3 is 11.8 Å². The van der Waals surface area contributed by atoms with Crippen molar-refractivity contribution in [2.45, 2.75) is 86.6 Å². The van der Waals surface area contributed by atoms with Gasteiger partial charge in [0.15, 0.2) is 17.7 Å². The molecule has 694 valence electrons. The Bertz CT molecular complexity index is 6390. The SMILES string of the molecule is Cc1ccc2c(c1)SC1C=C(N(C)C)C=CC1C2.Cc1ccc2c(c1)SC1C=C(N(C)C)C=CC1C2.Cc1ccc2nc3ccc(=[N+](C)C)cc-3sc2c1.Cc1ccc2nc3ccc(=[N+](C)C)cc-3sc2c1.Cc1ccc2nc3ccc(=[N+](C)C)cc-3sc2c1.Cc1ccc2nc3ccc(=[N+](C)C)cc-3sc2c1.O=C1C=CC(=O)C=C1.O=C1O[C@](O)([C@@H](O)CO)C(O)=C1O.[Cl-].[Cl-].[Cl-].[Cl-]. The summed E-state index contributed by atoms with van der Waals surface area (Å²) < 4.78 is 17.5. The molecule has 6 aromatic carbocycles. The second kappa shape index (κ2) is 47.1. The van der Waals surface area contributed by atoms with Gasteiger partial charge in [-0.05, 0) is 233 Å². The van der Waals surface area contributed by atoms with Gasteiger partial charge in [0.25, 0.3) is 0 Å². The summed E-state index contributed by atoms with van der Waals surface area (Å²) in [6.45, 7) is 11.9. The van der Waals surface area contributed by atoms with E-state index < -0.39 is 36.0 Å². The molecule has 0 radical (unpaired) electrons. The number of ether oxygens (including phenoxy) is 1. The van der Waals surface area contributed by atoms with Crippen LogP contribution in [0.25, 0.3) is 83.2 Å². The second-order valence-corrected chi connectivity index (χ2v) is 40.5. The van der Waals surface area contributed by atoms with Crippen molar-refractivity contribution in [2.24, 2.45) is 11.8 Å². The number of carbonyl (C=O) groups excluding carboxylic acids is 3. The molecule has 0 spiro atoms. The predicted octanol–water partition coefficient (Wildman–Crippen LogP) is 4.43. The zero-order valence-electron chi connectivity index (χ0n) is 77.4. The van der Waals surface area contributed by atoms with Gasteiger partial charge in [0.05, 0.1) is 89.8 Å². The standard InChI is InChI=1S/2C16H19NS.4C15H15N2S.C6H8O7.C6H4O2.4ClH/c2*1-11-4-5-12-9-13-6-7-14(17(2)3)10-16(13)18-15(12)8-11;4*1-10-4-6-12-14(8-10)18-15-9-11(17(2)3)5-7-13(15)16-12;7-1-2(8)6(12)4(10)3(9)5(11)13-6;7-5-1-2-6(8)4-3-5;;;;/h2*4-8,10,13,16H,9H2,1-3H3;4*4-9H,1-3H3;2,7-10,12H,1H2;1-4H;4*1H/q;;4*+1;;;;;;/p-4/t;;;;;;2-,6+;;;;;/m......0...../s1. The minimum absolute atomic E-state index is 0. The van der Waals surface area contributed by atoms with Crippen molar-refractivity contribution in [2.75, 3.05) is 91.2 Å². The third-order valence-corrected chi connectivity index (χ3v) is 29.2. The number of hydrogen-bond donors (Lipinski definition) is 5. The number of thioether (sulfide) groups is 2. The number of halogens is 4. The molecule has 0 aromatic heterocycles. The number of fused-ring (bicyclic) bond motifs is 12. The summed E-state index contributed by atoms with van der Waals surface area (Å²) in [6.07, 6.45) is 19.6. The first-order chi connectivity index (χ1) is 61.5. The van der Waals surface area contributed by atoms with Crippen molar-refractivity contribution in [1.29, 1.82) is 0 Å². The number of likely N-dealkylation sites (N-methyl/N-ethyl adjacent to an activating group) is 2. The van der Waals surface area contributed by atoms with E-state index in [4.69, 9.17) is 40.4 Å². The van der Waals surface area contributed by atoms with E-state index in [1.54, 1.807) is 0 Å². The third kappa shape index (κ3) is 26.7. The van der Waals surface area contributed by atoms with E-state index in [1.165, 1.54) is 163 Å². The summed E-state index contributed by atoms with van der Waals surface area (Å²) in [7, 11) is 24.9. The second-order valence-electron chi connectivity index (χ2n) is 33.7. The molecule has 7 aliphatic carbocycles. The van der Waals surface area contributed by atoms with E-state index in [-0.39, 0.29) is 61.2 Å². The molecule has 19 nitrogen and oxygen atoms in total. The number of aryl methyl sites for hydroxylation is 6. The highest BCUT2D eigenvalue weighted by Crippen LogP contribution is 2.45. The molecule has 0 bridgehead atoms. The fraction of sp³-hybridized carbons (Fsp3) is 0.260. The fourth-order valence-electron chi connectivity index (χ4n) is 14.5. The van der Waals surface area contributed by atoms with Crippen LogP contribution in [0.15, 0.2) is 275 Å². The van der Waals surface area contributed by atoms with E-state index in [0.717, 1.165) is 44.8 Å². The molecule has 0 saturated heterocycles. The summed E-state index contributed by atoms with van der Waals surface area (Å²) in [5, 5.41) is 50.4. The van der Waals surface area contributed by atoms with Gasteiger partial charge in [-0.25, -0.2) is 43.0 Å². The number of allylic oxidation sites excluding steroid dienone is 8. The number of benzene rings is 10. The Kier molecular flexibility index (Phi) is 37.5. The molecule has 0 saturated carbocycles. The quantitative estimate of drug-likeness (QED) is 0.0710. The maximum Gasteiger partial charge on any atom is 0.380 e. The number of cyclic esters (lactones) is 1. The maximum atomic E-state index is 10.6. The van der Waals surface area contributed by atoms with Gasteiger partial charge in [-0.2, -0.15) is 0 Å². The zero-order valence-corrected chi connectivity index (χ0v) is 85.3. The van der Waals surface area contributed by atoms with Gasteiger partial charge in [0, 0.05) is 108 Å². The monoisotopic (exact) mass is 1970 g/mol. The normalized spacial score (nSPS) is 16.8. The highest BCUT2D eigenvalue weighted by atomic mass is 35.5. The molecule has 0 fully saturated rings. The number of aliphatic hydroxyl groups is 5. The fourth-order valence-corrected chi connectivity index (χ4v) is 21.8. The average Bonchev–Trinajstić information content (AvgIpc) is 1.54. The molecule has 133 heavy (non-hydrogen) atoms. The number of aliphatic hydroxyl groups excluding tert-OH is 4. The Morgan fingerprint density at radius 1 is 0.406 bits per heavy atom. The molecular formula is C104H110Cl4N10O9S6. The first-order valence-electron chi connectivity index (χ1n) is 42.3. The molecule has 7 heterocycles. The van der Waals surface area contributed by atoms with Crippen LogP contribution in [0, 0.1) is 53.4 Å². The van der Waals surface area contributed by atoms with Gasteiger partial charge < -0.3 is 89.7 Å². The van der Waals surface area contributed by atoms with Crippen LogP contribution in [0.3, 0.4) is 0 Å². The first kappa shape index (κ1) is 106. The zero-order chi connectivity index (χ0) is 92.4. The molecule has 29 heteroatoms. The molecule has 6 aromatic rings. The molecule has 0 amide bonds. The molecule has 20 rings (SSSR count). The van der Waals surface area contributed by atoms with E-state index >= 15 is 0 Å². The largest absolute Gasteiger partial charge is 1.00 e. The molecule has 4 unspecified atom stereocenters. The summed E-state index contributed by atoms with van der Waals surface area (Å²) in [5.74, 6) is -5.44. The van der Waals surface area contributed by atoms with Crippen LogP contribution < -0.4 is 89.4 Å². The summed E-state index contributed by atoms with van der Waals surface area (Å²) in [6, 6.07) is 65.0. The molecule has 7 aliphatic heterocycles. The Labute approximate surface area is 826 Å². The van der Waals surface area contributed by atoms with Crippen LogP contribution in [0.5, 0.6) is 0 Å². The Morgan fingerprint density at radius 2 is 0.684 bits per heavy atom. The van der Waals surface area contributed by atoms with Crippen molar-refractivity contribution in [3.8, 4) is 42.3 Å². The predicted molar refractivity (Wildman–Crippen MR) is 535 cm³/mol. The Balaban J connectivity index is 0.000000171. The highest BCUT2D eigenvalue weighted by Gasteiger charge is 2.53. The number of ketones is 2. The van der Waals surface area contributed by atoms with E-state index in [1.807, 2.05) is 68.9 Å². The molecular weight excluding hydrogens is 1870 g/mol. The lowest BCUT2D eigenvalue weighted by Gasteiger charge is -2.33. The minimum atomic E-state index is -2.75. The molecule has 6 atom stereocenters. The number of rotatable bonds is 4. The van der Waals surface area contributed by atoms with Crippen LogP contribution in [0.4, 0.5) is 0 Å². The van der Waals surface area contributed by atoms with Gasteiger partial charge in [0.2, 0.25) is 32.9 Å². The van der Waals surface area contributed by atoms with Crippen LogP contribution in [0.1, 0.15) is 44.5 Å². The highest BCUT2D eigenvalue weighted by molar-refractivity contribution is 8.00. The smallest absolute Gasteiger partial charge is 0.380 e. The van der Waals surface area contributed by atoms with Crippen molar-refractivity contribution in [1.82, 2.24) is 48.0 Å². The number of carbonyl (C=O) groups is 3. The van der Waals surface area contributed by atoms with Crippen molar-refractivity contribution in [3.05, 3.63) is 332 Å². The van der Waals surface area contributed by atoms with Crippen molar-refractivity contribution >= 4 is 127 Å². The molecule has 14 aliphatic rings. The van der Waals surface area contributed by atoms with E-state index in [9.17, 15) is 19.5 Å². The lowest BCUT2D eigenvalue weighted by Crippen LogP contribution is -3.00. The van der Waals surface area contributed by atoms with E-state index in [0.29, 0.717) is 22.3 Å². The van der Waals surface area contributed by atoms with Crippen molar-refractivity contribution < 1.29 is 94.3 Å². The minimum Gasteiger partial charge on any atom is -1.00 e. The van der Waals surface area contributed by atoms with Gasteiger partial charge in [-0.1, -0.05) is 71.8 Å². The summed E-state index contributed by atoms with van der Waals surface area (Å²) >= 11 is 11.3. The number of hydrogen-bond acceptors (Lipinski definition) is 21. The van der Waals surface area contributed by atoms with Gasteiger partial charge in [-0.3, -0.25) is 9.59 Å². The lowest BCUT2D eigenvalue weighted by molar-refractivity contribution is -0.232. The Hall–Kier alpha value is -10.6. The van der Waals surface area contributed by atoms with Crippen LogP contribution in [0.2, 0.25) is 0 Å². The Morgan fingerprint density at radius 3 is 0.940 bits per heavy atom. The van der Waals surface area contributed by atoms with Gasteiger partial charge in [-0.15, -0.1) is 68.9 Å². The van der Waals surface area contributed by atoms with E-state index in [2.05, 4.69) is 377 Å². The number of nitrogens with zero attached hydrogens (tertiary/aromatic N) is 10. The van der Waals surface area contributed by atoms with Crippen molar-refractivity contribution in [3.63, 3.8) is 0 Å². The lowest BCUT2D eigenvalue weighted by atomic mass is 9.90. The first-order valence-corrected chi connectivity index (χ1v) is 47.3. The number of aromatic nitrogens is 4. The molecule has 5 N–H and O–H groups in total. The maximum absolute atomic E-state index is 10.6. The van der Waals surface area contributed by atoms with Crippen LogP contribution >= 0.6 is 68.9 Å². The summed E-state index contributed by atoms with van der Waals surface area (Å²) in [4.78, 5) is 62.3.